The molecule has 1 atom stereocenters. The van der Waals surface area contributed by atoms with Gasteiger partial charge in [0.2, 0.25) is 17.5 Å². The Morgan fingerprint density at radius 3 is 2.57 bits per heavy atom. The number of ketones is 2. The van der Waals surface area contributed by atoms with Gasteiger partial charge in [0.25, 0.3) is 0 Å². The summed E-state index contributed by atoms with van der Waals surface area (Å²) >= 11 is 0. The summed E-state index contributed by atoms with van der Waals surface area (Å²) in [6.45, 7) is 5.29. The highest BCUT2D eigenvalue weighted by Crippen LogP contribution is 2.40. The van der Waals surface area contributed by atoms with Crippen molar-refractivity contribution < 1.29 is 18.8 Å². The van der Waals surface area contributed by atoms with E-state index in [9.17, 15) is 14.4 Å². The van der Waals surface area contributed by atoms with E-state index >= 15 is 0 Å². The monoisotopic (exact) mass is 380 g/mol. The zero-order valence-electron chi connectivity index (χ0n) is 16.4. The summed E-state index contributed by atoms with van der Waals surface area (Å²) in [5.74, 6) is 0.582. The van der Waals surface area contributed by atoms with Crippen LogP contribution in [-0.4, -0.2) is 42.0 Å². The van der Waals surface area contributed by atoms with Gasteiger partial charge in [-0.25, -0.2) is 0 Å². The molecule has 2 aromatic rings. The van der Waals surface area contributed by atoms with Crippen LogP contribution in [0.4, 0.5) is 0 Å². The number of carbonyl (C=O) groups is 3. The van der Waals surface area contributed by atoms with Crippen LogP contribution >= 0.6 is 0 Å². The number of benzene rings is 1. The molecule has 0 fully saturated rings. The van der Waals surface area contributed by atoms with Gasteiger partial charge < -0.3 is 9.73 Å². The number of amides is 1. The summed E-state index contributed by atoms with van der Waals surface area (Å²) < 4.78 is 6.13. The van der Waals surface area contributed by atoms with Crippen molar-refractivity contribution in [2.45, 2.75) is 39.3 Å². The largest absolute Gasteiger partial charge is 0.459 e. The number of hydrogen-bond acceptors (Lipinski definition) is 5. The third-order valence-electron chi connectivity index (χ3n) is 5.62. The highest BCUT2D eigenvalue weighted by atomic mass is 16.3. The van der Waals surface area contributed by atoms with E-state index in [4.69, 9.17) is 4.42 Å². The topological polar surface area (TPSA) is 79.6 Å². The van der Waals surface area contributed by atoms with Crippen molar-refractivity contribution in [1.82, 2.24) is 10.2 Å². The van der Waals surface area contributed by atoms with Crippen LogP contribution in [0.2, 0.25) is 0 Å². The number of hydrogen-bond donors (Lipinski definition) is 1. The van der Waals surface area contributed by atoms with Gasteiger partial charge in [0.1, 0.15) is 11.5 Å². The Labute approximate surface area is 163 Å². The van der Waals surface area contributed by atoms with E-state index in [-0.39, 0.29) is 11.9 Å². The molecule has 6 heteroatoms. The quantitative estimate of drug-likeness (QED) is 0.825. The van der Waals surface area contributed by atoms with Gasteiger partial charge in [-0.2, -0.15) is 0 Å². The predicted octanol–water partition coefficient (Wildman–Crippen LogP) is 2.84. The Hall–Kier alpha value is -2.73. The van der Waals surface area contributed by atoms with E-state index in [1.807, 2.05) is 12.1 Å². The Balaban J connectivity index is 1.73. The van der Waals surface area contributed by atoms with Crippen LogP contribution in [0.5, 0.6) is 0 Å². The molecule has 1 aliphatic heterocycles. The van der Waals surface area contributed by atoms with E-state index in [1.165, 1.54) is 0 Å². The van der Waals surface area contributed by atoms with E-state index in [0.717, 1.165) is 12.0 Å². The fraction of sp³-hybridized carbons (Fsp3) is 0.409. The van der Waals surface area contributed by atoms with Crippen molar-refractivity contribution in [1.29, 1.82) is 0 Å². The van der Waals surface area contributed by atoms with E-state index in [0.29, 0.717) is 53.6 Å². The molecule has 1 N–H and O–H groups in total. The van der Waals surface area contributed by atoms with Gasteiger partial charge in [-0.1, -0.05) is 38.1 Å². The summed E-state index contributed by atoms with van der Waals surface area (Å²) in [7, 11) is 1.65. The number of rotatable bonds is 4. The molecular formula is C22H24N2O4. The molecule has 1 amide bonds. The van der Waals surface area contributed by atoms with Crippen LogP contribution in [0.1, 0.15) is 52.3 Å². The fourth-order valence-corrected chi connectivity index (χ4v) is 4.27. The van der Waals surface area contributed by atoms with Crippen molar-refractivity contribution in [2.75, 3.05) is 13.6 Å². The Kier molecular flexibility index (Phi) is 4.67. The van der Waals surface area contributed by atoms with Crippen LogP contribution < -0.4 is 5.32 Å². The lowest BCUT2D eigenvalue weighted by molar-refractivity contribution is -0.127. The summed E-state index contributed by atoms with van der Waals surface area (Å²) in [5, 5.41) is 2.76. The number of Topliss-reactive ketones (excluding diaryl/α,β-unsaturated/α-hetero) is 2. The first-order valence-corrected chi connectivity index (χ1v) is 9.71. The second-order valence-corrected chi connectivity index (χ2v) is 7.89. The van der Waals surface area contributed by atoms with Crippen molar-refractivity contribution in [3.63, 3.8) is 0 Å². The lowest BCUT2D eigenvalue weighted by Gasteiger charge is -2.33. The van der Waals surface area contributed by atoms with Crippen LogP contribution in [-0.2, 0) is 17.8 Å². The van der Waals surface area contributed by atoms with Crippen molar-refractivity contribution in [3.8, 4) is 11.3 Å². The van der Waals surface area contributed by atoms with E-state index in [1.54, 1.807) is 19.2 Å². The highest BCUT2D eigenvalue weighted by Gasteiger charge is 2.40. The average molecular weight is 380 g/mol. The van der Waals surface area contributed by atoms with Crippen LogP contribution in [0.3, 0.4) is 0 Å². The van der Waals surface area contributed by atoms with Crippen LogP contribution in [0.15, 0.2) is 28.7 Å². The van der Waals surface area contributed by atoms with Gasteiger partial charge in [0.05, 0.1) is 18.2 Å². The summed E-state index contributed by atoms with van der Waals surface area (Å²) in [6, 6.07) is 6.82. The molecule has 2 aliphatic rings. The van der Waals surface area contributed by atoms with Gasteiger partial charge in [-0.05, 0) is 18.8 Å². The van der Waals surface area contributed by atoms with Gasteiger partial charge in [0.15, 0.2) is 0 Å². The minimum atomic E-state index is -0.489. The second kappa shape index (κ2) is 7.02. The minimum absolute atomic E-state index is 0.00920. The molecule has 1 aromatic carbocycles. The zero-order chi connectivity index (χ0) is 20.0. The smallest absolute Gasteiger partial charge is 0.237 e. The Morgan fingerprint density at radius 1 is 1.18 bits per heavy atom. The summed E-state index contributed by atoms with van der Waals surface area (Å²) in [6.07, 6.45) is 1.33. The van der Waals surface area contributed by atoms with E-state index < -0.39 is 11.6 Å². The number of carbonyl (C=O) groups excluding carboxylic acids is 3. The Morgan fingerprint density at radius 2 is 1.89 bits per heavy atom. The summed E-state index contributed by atoms with van der Waals surface area (Å²) in [5.41, 5.74) is 2.30. The zero-order valence-corrected chi connectivity index (χ0v) is 16.4. The lowest BCUT2D eigenvalue weighted by Crippen LogP contribution is -2.48. The molecule has 4 rings (SSSR count). The van der Waals surface area contributed by atoms with Crippen LogP contribution in [0.25, 0.3) is 11.3 Å². The van der Waals surface area contributed by atoms with E-state index in [2.05, 4.69) is 24.1 Å². The second-order valence-electron chi connectivity index (χ2n) is 7.89. The molecule has 146 valence electrons. The van der Waals surface area contributed by atoms with Crippen molar-refractivity contribution in [2.24, 2.45) is 5.92 Å². The maximum Gasteiger partial charge on any atom is 0.237 e. The third-order valence-corrected chi connectivity index (χ3v) is 5.62. The molecule has 0 radical (unpaired) electrons. The highest BCUT2D eigenvalue weighted by molar-refractivity contribution is 6.53. The number of nitrogens with zero attached hydrogens (tertiary/aromatic N) is 1. The molecular weight excluding hydrogens is 356 g/mol. The molecule has 1 aromatic heterocycles. The molecule has 28 heavy (non-hydrogen) atoms. The molecule has 0 saturated heterocycles. The normalized spacial score (nSPS) is 17.1. The summed E-state index contributed by atoms with van der Waals surface area (Å²) in [4.78, 5) is 39.8. The SMILES string of the molecule is CNC(=O)[C@H](CC(C)C)N1CCc2c(oc3c2C(=O)C(=O)c2ccccc2-3)C1. The standard InChI is InChI=1S/C22H24N2O4/c1-12(2)10-16(22(27)23-3)24-9-8-15-17(11-24)28-21-14-7-5-4-6-13(14)19(25)20(26)18(15)21/h4-7,12,16H,8-11H2,1-3H3,(H,23,27)/t16-/m0/s1. The molecule has 2 heterocycles. The third kappa shape index (κ3) is 2.88. The van der Waals surface area contributed by atoms with Gasteiger partial charge in [-0.3, -0.25) is 19.3 Å². The van der Waals surface area contributed by atoms with Crippen molar-refractivity contribution >= 4 is 17.5 Å². The number of likely N-dealkylation sites (N-methyl/N-ethyl adjacent to an activating group) is 1. The molecule has 0 saturated carbocycles. The first-order chi connectivity index (χ1) is 13.4. The average Bonchev–Trinajstić information content (AvgIpc) is 3.08. The molecule has 0 unspecified atom stereocenters. The lowest BCUT2D eigenvalue weighted by atomic mass is 9.85. The predicted molar refractivity (Wildman–Crippen MR) is 104 cm³/mol. The molecule has 1 aliphatic carbocycles. The first-order valence-electron chi connectivity index (χ1n) is 9.71. The number of fused-ring (bicyclic) bond motifs is 5. The fourth-order valence-electron chi connectivity index (χ4n) is 4.27. The number of furan rings is 1. The minimum Gasteiger partial charge on any atom is -0.459 e. The van der Waals surface area contributed by atoms with Crippen LogP contribution in [0, 0.1) is 5.92 Å². The maximum absolute atomic E-state index is 12.7. The van der Waals surface area contributed by atoms with Gasteiger partial charge in [0, 0.05) is 30.3 Å². The van der Waals surface area contributed by atoms with Crippen molar-refractivity contribution in [3.05, 3.63) is 46.7 Å². The maximum atomic E-state index is 12.7. The molecule has 6 nitrogen and oxygen atoms in total. The van der Waals surface area contributed by atoms with Gasteiger partial charge in [-0.15, -0.1) is 0 Å². The Bertz CT molecular complexity index is 973. The molecule has 0 bridgehead atoms. The van der Waals surface area contributed by atoms with Gasteiger partial charge >= 0.3 is 0 Å². The number of nitrogens with one attached hydrogen (secondary N) is 1. The first kappa shape index (κ1) is 18.6. The molecule has 0 spiro atoms.